The van der Waals surface area contributed by atoms with Gasteiger partial charge < -0.3 is 19.3 Å². The van der Waals surface area contributed by atoms with Gasteiger partial charge in [-0.05, 0) is 92.9 Å². The zero-order valence-corrected chi connectivity index (χ0v) is 22.7. The molecule has 0 fully saturated rings. The van der Waals surface area contributed by atoms with E-state index in [4.69, 9.17) is 14.2 Å². The summed E-state index contributed by atoms with van der Waals surface area (Å²) in [7, 11) is 0. The number of ether oxygens (including phenoxy) is 3. The van der Waals surface area contributed by atoms with Gasteiger partial charge in [0.15, 0.2) is 0 Å². The Balaban J connectivity index is 4.85. The summed E-state index contributed by atoms with van der Waals surface area (Å²) in [6, 6.07) is 0. The lowest BCUT2D eigenvalue weighted by Crippen LogP contribution is -2.46. The van der Waals surface area contributed by atoms with Crippen LogP contribution in [0.5, 0.6) is 0 Å². The molecule has 0 amide bonds. The largest absolute Gasteiger partial charge is 0.390 e. The third kappa shape index (κ3) is 10.9. The molecule has 0 bridgehead atoms. The highest BCUT2D eigenvalue weighted by Crippen LogP contribution is 2.40. The van der Waals surface area contributed by atoms with Crippen molar-refractivity contribution in [2.45, 2.75) is 151 Å². The highest BCUT2D eigenvalue weighted by Gasteiger charge is 2.40. The van der Waals surface area contributed by atoms with Gasteiger partial charge in [-0.1, -0.05) is 27.7 Å². The molecule has 0 aromatic carbocycles. The summed E-state index contributed by atoms with van der Waals surface area (Å²) in [5.74, 6) is 0. The number of hydrogen-bond donors (Lipinski definition) is 1. The Morgan fingerprint density at radius 3 is 1.73 bits per heavy atom. The highest BCUT2D eigenvalue weighted by molar-refractivity contribution is 4.90. The van der Waals surface area contributed by atoms with Gasteiger partial charge in [0, 0.05) is 13.0 Å². The Morgan fingerprint density at radius 1 is 0.800 bits per heavy atom. The predicted molar refractivity (Wildman–Crippen MR) is 128 cm³/mol. The number of aliphatic hydroxyl groups is 1. The van der Waals surface area contributed by atoms with Gasteiger partial charge in [-0.3, -0.25) is 0 Å². The van der Waals surface area contributed by atoms with Crippen LogP contribution in [0, 0.1) is 10.8 Å². The van der Waals surface area contributed by atoms with E-state index in [1.165, 1.54) is 0 Å². The van der Waals surface area contributed by atoms with Crippen molar-refractivity contribution in [1.82, 2.24) is 0 Å². The van der Waals surface area contributed by atoms with Crippen LogP contribution in [0.4, 0.5) is 0 Å². The maximum Gasteiger partial charge on any atom is 0.0681 e. The maximum atomic E-state index is 10.1. The third-order valence-electron chi connectivity index (χ3n) is 6.59. The van der Waals surface area contributed by atoms with Crippen molar-refractivity contribution >= 4 is 0 Å². The third-order valence-corrected chi connectivity index (χ3v) is 6.59. The lowest BCUT2D eigenvalue weighted by molar-refractivity contribution is -0.157. The highest BCUT2D eigenvalue weighted by atomic mass is 16.5. The molecule has 4 nitrogen and oxygen atoms in total. The lowest BCUT2D eigenvalue weighted by Gasteiger charge is -2.45. The first-order chi connectivity index (χ1) is 13.1. The topological polar surface area (TPSA) is 47.9 Å². The molecule has 2 unspecified atom stereocenters. The average Bonchev–Trinajstić information content (AvgIpc) is 2.41. The average molecular weight is 431 g/mol. The molecule has 0 aliphatic carbocycles. The monoisotopic (exact) mass is 430 g/mol. The van der Waals surface area contributed by atoms with Gasteiger partial charge >= 0.3 is 0 Å². The minimum absolute atomic E-state index is 0.0140. The van der Waals surface area contributed by atoms with Crippen LogP contribution in [0.25, 0.3) is 0 Å². The first kappa shape index (κ1) is 29.8. The Labute approximate surface area is 188 Å². The predicted octanol–water partition coefficient (Wildman–Crippen LogP) is 6.77. The van der Waals surface area contributed by atoms with Crippen molar-refractivity contribution in [3.63, 3.8) is 0 Å². The van der Waals surface area contributed by atoms with E-state index in [9.17, 15) is 5.11 Å². The van der Waals surface area contributed by atoms with E-state index in [2.05, 4.69) is 76.2 Å². The molecular formula is C26H54O4. The van der Waals surface area contributed by atoms with Gasteiger partial charge in [-0.2, -0.15) is 0 Å². The van der Waals surface area contributed by atoms with Crippen molar-refractivity contribution in [2.75, 3.05) is 6.61 Å². The molecule has 0 aliphatic heterocycles. The second-order valence-corrected chi connectivity index (χ2v) is 12.7. The molecule has 0 aliphatic rings. The molecule has 0 aromatic heterocycles. The molecule has 0 saturated carbocycles. The number of rotatable bonds is 14. The van der Waals surface area contributed by atoms with E-state index < -0.39 is 5.60 Å². The molecule has 0 saturated heterocycles. The first-order valence-electron chi connectivity index (χ1n) is 11.8. The van der Waals surface area contributed by atoms with Crippen LogP contribution in [-0.4, -0.2) is 46.8 Å². The Bertz CT molecular complexity index is 498. The summed E-state index contributed by atoms with van der Waals surface area (Å²) in [6.45, 7) is 30.4. The van der Waals surface area contributed by atoms with Crippen LogP contribution < -0.4 is 0 Å². The Morgan fingerprint density at radius 2 is 1.30 bits per heavy atom. The van der Waals surface area contributed by atoms with Gasteiger partial charge in [-0.25, -0.2) is 0 Å². The standard InChI is InChI=1S/C26H54O4/c1-19(2)29-21(4)22(5,6)18-25(11,12)28-16-15-23(7,8)26(13,14)30-20(3)17-24(9,10)27/h19-21,27H,15-18H2,1-14H3. The van der Waals surface area contributed by atoms with E-state index in [1.54, 1.807) is 0 Å². The fourth-order valence-electron chi connectivity index (χ4n) is 4.18. The first-order valence-corrected chi connectivity index (χ1v) is 11.8. The Kier molecular flexibility index (Phi) is 10.6. The van der Waals surface area contributed by atoms with Gasteiger partial charge in [0.2, 0.25) is 0 Å². The molecule has 4 heteroatoms. The molecular weight excluding hydrogens is 376 g/mol. The SMILES string of the molecule is CC(C)OC(C)C(C)(C)CC(C)(C)OCCC(C)(C)C(C)(C)OC(C)CC(C)(C)O. The molecule has 0 aromatic rings. The van der Waals surface area contributed by atoms with E-state index in [-0.39, 0.29) is 40.3 Å². The zero-order chi connectivity index (χ0) is 24.2. The minimum atomic E-state index is -0.726. The van der Waals surface area contributed by atoms with Crippen LogP contribution in [0.15, 0.2) is 0 Å². The Hall–Kier alpha value is -0.160. The van der Waals surface area contributed by atoms with Crippen molar-refractivity contribution < 1.29 is 19.3 Å². The van der Waals surface area contributed by atoms with Gasteiger partial charge in [0.1, 0.15) is 0 Å². The van der Waals surface area contributed by atoms with Crippen LogP contribution >= 0.6 is 0 Å². The van der Waals surface area contributed by atoms with Crippen molar-refractivity contribution in [2.24, 2.45) is 10.8 Å². The van der Waals surface area contributed by atoms with E-state index >= 15 is 0 Å². The summed E-state index contributed by atoms with van der Waals surface area (Å²) in [5, 5.41) is 10.1. The van der Waals surface area contributed by atoms with Crippen molar-refractivity contribution in [1.29, 1.82) is 0 Å². The second-order valence-electron chi connectivity index (χ2n) is 12.7. The fourth-order valence-corrected chi connectivity index (χ4v) is 4.18. The summed E-state index contributed by atoms with van der Waals surface area (Å²) in [6.07, 6.45) is 2.82. The van der Waals surface area contributed by atoms with Crippen molar-refractivity contribution in [3.8, 4) is 0 Å². The summed E-state index contributed by atoms with van der Waals surface area (Å²) in [5.41, 5.74) is -1.33. The van der Waals surface area contributed by atoms with Crippen LogP contribution in [0.1, 0.15) is 116 Å². The van der Waals surface area contributed by atoms with E-state index in [1.807, 2.05) is 20.8 Å². The molecule has 0 spiro atoms. The molecule has 30 heavy (non-hydrogen) atoms. The summed E-state index contributed by atoms with van der Waals surface area (Å²) in [4.78, 5) is 0. The minimum Gasteiger partial charge on any atom is -0.390 e. The second kappa shape index (κ2) is 10.6. The maximum absolute atomic E-state index is 10.1. The van der Waals surface area contributed by atoms with Gasteiger partial charge in [0.05, 0.1) is 35.1 Å². The van der Waals surface area contributed by atoms with Crippen LogP contribution in [-0.2, 0) is 14.2 Å². The molecule has 0 rings (SSSR count). The van der Waals surface area contributed by atoms with Crippen molar-refractivity contribution in [3.05, 3.63) is 0 Å². The van der Waals surface area contributed by atoms with Gasteiger partial charge in [0.25, 0.3) is 0 Å². The smallest absolute Gasteiger partial charge is 0.0681 e. The fraction of sp³-hybridized carbons (Fsp3) is 1.00. The number of hydrogen-bond acceptors (Lipinski definition) is 4. The molecule has 2 atom stereocenters. The van der Waals surface area contributed by atoms with Gasteiger partial charge in [-0.15, -0.1) is 0 Å². The zero-order valence-electron chi connectivity index (χ0n) is 22.7. The van der Waals surface area contributed by atoms with Crippen LogP contribution in [0.2, 0.25) is 0 Å². The molecule has 0 radical (unpaired) electrons. The normalized spacial score (nSPS) is 16.8. The van der Waals surface area contributed by atoms with Crippen LogP contribution in [0.3, 0.4) is 0 Å². The lowest BCUT2D eigenvalue weighted by atomic mass is 9.74. The summed E-state index contributed by atoms with van der Waals surface area (Å²) >= 11 is 0. The molecule has 1 N–H and O–H groups in total. The molecule has 0 heterocycles. The quantitative estimate of drug-likeness (QED) is 0.330. The van der Waals surface area contributed by atoms with E-state index in [0.29, 0.717) is 13.0 Å². The van der Waals surface area contributed by atoms with E-state index in [0.717, 1.165) is 12.8 Å². The molecule has 182 valence electrons. The summed E-state index contributed by atoms with van der Waals surface area (Å²) < 4.78 is 18.8.